The molecular formula is C28H37ClN4O4S2. The van der Waals surface area contributed by atoms with Crippen LogP contribution in [-0.2, 0) is 16.6 Å². The summed E-state index contributed by atoms with van der Waals surface area (Å²) in [5, 5.41) is 7.30. The molecule has 0 bridgehead atoms. The van der Waals surface area contributed by atoms with Crippen molar-refractivity contribution < 1.29 is 17.9 Å². The number of piperidine rings is 1. The molecular weight excluding hydrogens is 556 g/mol. The third-order valence-electron chi connectivity index (χ3n) is 6.44. The zero-order chi connectivity index (χ0) is 27.0. The van der Waals surface area contributed by atoms with E-state index in [4.69, 9.17) is 4.74 Å². The van der Waals surface area contributed by atoms with Crippen LogP contribution in [0.15, 0.2) is 65.4 Å². The number of urea groups is 1. The van der Waals surface area contributed by atoms with Gasteiger partial charge in [0, 0.05) is 43.3 Å². The number of thiophene rings is 1. The monoisotopic (exact) mass is 592 g/mol. The Kier molecular flexibility index (Phi) is 11.5. The van der Waals surface area contributed by atoms with Gasteiger partial charge in [0.15, 0.2) is 0 Å². The van der Waals surface area contributed by atoms with Crippen LogP contribution in [0.2, 0.25) is 0 Å². The normalized spacial score (nSPS) is 14.3. The summed E-state index contributed by atoms with van der Waals surface area (Å²) in [7, 11) is -3.30. The van der Waals surface area contributed by atoms with Crippen molar-refractivity contribution in [2.45, 2.75) is 45.2 Å². The molecule has 2 heterocycles. The summed E-state index contributed by atoms with van der Waals surface area (Å²) in [5.41, 5.74) is 2.68. The first-order valence-electron chi connectivity index (χ1n) is 13.0. The second kappa shape index (κ2) is 14.6. The molecule has 1 aromatic heterocycles. The minimum Gasteiger partial charge on any atom is -0.457 e. The third kappa shape index (κ3) is 9.72. The molecule has 0 saturated carbocycles. The predicted octanol–water partition coefficient (Wildman–Crippen LogP) is 6.31. The highest BCUT2D eigenvalue weighted by Gasteiger charge is 2.24. The van der Waals surface area contributed by atoms with Crippen LogP contribution < -0.4 is 19.7 Å². The largest absolute Gasteiger partial charge is 0.457 e. The summed E-state index contributed by atoms with van der Waals surface area (Å²) >= 11 is 1.61. The topological polar surface area (TPSA) is 91.0 Å². The van der Waals surface area contributed by atoms with Crippen LogP contribution in [0.3, 0.4) is 0 Å². The summed E-state index contributed by atoms with van der Waals surface area (Å²) in [4.78, 5) is 17.3. The first-order valence-corrected chi connectivity index (χ1v) is 15.8. The van der Waals surface area contributed by atoms with Crippen molar-refractivity contribution in [2.75, 3.05) is 35.5 Å². The Bertz CT molecular complexity index is 1260. The first kappa shape index (κ1) is 30.7. The number of hydrogen-bond donors (Lipinski definition) is 2. The van der Waals surface area contributed by atoms with E-state index in [0.29, 0.717) is 11.4 Å². The maximum Gasteiger partial charge on any atom is 0.322 e. The van der Waals surface area contributed by atoms with Crippen LogP contribution in [0, 0.1) is 0 Å². The number of ether oxygens (including phenoxy) is 1. The molecule has 2 amide bonds. The molecule has 1 aliphatic rings. The molecule has 1 saturated heterocycles. The van der Waals surface area contributed by atoms with E-state index in [1.54, 1.807) is 35.6 Å². The van der Waals surface area contributed by atoms with E-state index in [0.717, 1.165) is 69.6 Å². The van der Waals surface area contributed by atoms with E-state index in [2.05, 4.69) is 34.0 Å². The summed E-state index contributed by atoms with van der Waals surface area (Å²) in [6.45, 7) is 5.60. The quantitative estimate of drug-likeness (QED) is 0.272. The minimum atomic E-state index is -3.30. The molecule has 0 spiro atoms. The number of amides is 2. The average Bonchev–Trinajstić information content (AvgIpc) is 3.42. The Morgan fingerprint density at radius 1 is 1.05 bits per heavy atom. The molecule has 4 rings (SSSR count). The molecule has 2 aromatic carbocycles. The van der Waals surface area contributed by atoms with E-state index < -0.39 is 10.0 Å². The van der Waals surface area contributed by atoms with Crippen molar-refractivity contribution >= 4 is 51.2 Å². The van der Waals surface area contributed by atoms with Gasteiger partial charge in [-0.05, 0) is 72.7 Å². The molecule has 0 atom stereocenters. The lowest BCUT2D eigenvalue weighted by molar-refractivity contribution is 0.188. The van der Waals surface area contributed by atoms with Gasteiger partial charge in [0.05, 0.1) is 11.9 Å². The average molecular weight is 593 g/mol. The minimum absolute atomic E-state index is 0. The van der Waals surface area contributed by atoms with Crippen LogP contribution in [0.1, 0.15) is 38.2 Å². The number of nitrogens with zero attached hydrogens (tertiary/aromatic N) is 2. The number of likely N-dealkylation sites (tertiary alicyclic amines) is 1. The fourth-order valence-electron chi connectivity index (χ4n) is 4.43. The summed E-state index contributed by atoms with van der Waals surface area (Å²) in [6.07, 6.45) is 5.03. The molecule has 2 N–H and O–H groups in total. The Hall–Kier alpha value is -2.79. The van der Waals surface area contributed by atoms with Gasteiger partial charge in [-0.25, -0.2) is 13.2 Å². The summed E-state index contributed by atoms with van der Waals surface area (Å²) in [5.74, 6) is 1.35. The second-order valence-corrected chi connectivity index (χ2v) is 12.2. The van der Waals surface area contributed by atoms with Gasteiger partial charge < -0.3 is 10.1 Å². The Balaban J connectivity index is 0.00000420. The van der Waals surface area contributed by atoms with Gasteiger partial charge in [-0.15, -0.1) is 12.4 Å². The number of carbonyl (C=O) groups excluding carboxylic acids is 1. The van der Waals surface area contributed by atoms with Crippen molar-refractivity contribution in [1.29, 1.82) is 0 Å². The standard InChI is InChI=1S/C28H36N4O4S2.ClH/c1-3-4-16-32(25-15-19-37-21-25)28(33)29-23-13-17-31(18-14-23)20-22-5-9-26(10-6-22)36-27-11-7-24(8-12-27)30-38(2,34)35;/h5-12,15,19,21,23,30H,3-4,13-14,16-18,20H2,1-2H3,(H,29,33);1H. The van der Waals surface area contributed by atoms with E-state index >= 15 is 0 Å². The Morgan fingerprint density at radius 2 is 1.69 bits per heavy atom. The molecule has 212 valence electrons. The number of rotatable bonds is 11. The fraction of sp³-hybridized carbons (Fsp3) is 0.393. The Labute approximate surface area is 241 Å². The van der Waals surface area contributed by atoms with Gasteiger partial charge >= 0.3 is 6.03 Å². The van der Waals surface area contributed by atoms with E-state index in [1.807, 2.05) is 33.9 Å². The van der Waals surface area contributed by atoms with Crippen molar-refractivity contribution in [3.8, 4) is 11.5 Å². The highest BCUT2D eigenvalue weighted by atomic mass is 35.5. The highest BCUT2D eigenvalue weighted by molar-refractivity contribution is 7.92. The van der Waals surface area contributed by atoms with E-state index in [-0.39, 0.29) is 24.5 Å². The zero-order valence-electron chi connectivity index (χ0n) is 22.3. The molecule has 8 nitrogen and oxygen atoms in total. The maximum atomic E-state index is 13.0. The lowest BCUT2D eigenvalue weighted by atomic mass is 10.0. The number of anilines is 2. The molecule has 3 aromatic rings. The predicted molar refractivity (Wildman–Crippen MR) is 162 cm³/mol. The summed E-state index contributed by atoms with van der Waals surface area (Å²) in [6, 6.07) is 17.0. The van der Waals surface area contributed by atoms with Crippen LogP contribution >= 0.6 is 23.7 Å². The maximum absolute atomic E-state index is 13.0. The van der Waals surface area contributed by atoms with E-state index in [9.17, 15) is 13.2 Å². The molecule has 0 unspecified atom stereocenters. The number of nitrogens with one attached hydrogen (secondary N) is 2. The van der Waals surface area contributed by atoms with Gasteiger partial charge in [-0.2, -0.15) is 11.3 Å². The van der Waals surface area contributed by atoms with Crippen molar-refractivity contribution in [2.24, 2.45) is 0 Å². The number of hydrogen-bond acceptors (Lipinski definition) is 6. The van der Waals surface area contributed by atoms with Crippen LogP contribution in [0.4, 0.5) is 16.2 Å². The number of halogens is 1. The van der Waals surface area contributed by atoms with Gasteiger partial charge in [0.25, 0.3) is 0 Å². The first-order chi connectivity index (χ1) is 18.3. The fourth-order valence-corrected chi connectivity index (χ4v) is 5.63. The molecule has 1 aliphatic heterocycles. The van der Waals surface area contributed by atoms with Crippen LogP contribution in [-0.4, -0.2) is 51.3 Å². The highest BCUT2D eigenvalue weighted by Crippen LogP contribution is 2.25. The number of unbranched alkanes of at least 4 members (excludes halogenated alkanes) is 1. The van der Waals surface area contributed by atoms with Crippen LogP contribution in [0.25, 0.3) is 0 Å². The van der Waals surface area contributed by atoms with Crippen LogP contribution in [0.5, 0.6) is 11.5 Å². The molecule has 0 radical (unpaired) electrons. The smallest absolute Gasteiger partial charge is 0.322 e. The number of carbonyl (C=O) groups is 1. The lowest BCUT2D eigenvalue weighted by Crippen LogP contribution is -2.49. The van der Waals surface area contributed by atoms with Crippen molar-refractivity contribution in [3.63, 3.8) is 0 Å². The van der Waals surface area contributed by atoms with E-state index in [1.165, 1.54) is 5.56 Å². The molecule has 11 heteroatoms. The molecule has 39 heavy (non-hydrogen) atoms. The number of sulfonamides is 1. The summed E-state index contributed by atoms with van der Waals surface area (Å²) < 4.78 is 31.0. The van der Waals surface area contributed by atoms with Crippen molar-refractivity contribution in [1.82, 2.24) is 10.2 Å². The Morgan fingerprint density at radius 3 is 2.26 bits per heavy atom. The van der Waals surface area contributed by atoms with Gasteiger partial charge in [-0.3, -0.25) is 14.5 Å². The zero-order valence-corrected chi connectivity index (χ0v) is 24.8. The van der Waals surface area contributed by atoms with Crippen molar-refractivity contribution in [3.05, 3.63) is 70.9 Å². The second-order valence-electron chi connectivity index (χ2n) is 9.63. The lowest BCUT2D eigenvalue weighted by Gasteiger charge is -2.33. The third-order valence-corrected chi connectivity index (χ3v) is 7.71. The van der Waals surface area contributed by atoms with Gasteiger partial charge in [-0.1, -0.05) is 25.5 Å². The number of benzene rings is 2. The van der Waals surface area contributed by atoms with Gasteiger partial charge in [0.1, 0.15) is 11.5 Å². The molecule has 0 aliphatic carbocycles. The van der Waals surface area contributed by atoms with Gasteiger partial charge in [0.2, 0.25) is 10.0 Å². The SMILES string of the molecule is CCCCN(C(=O)NC1CCN(Cc2ccc(Oc3ccc(NS(C)(=O)=O)cc3)cc2)CC1)c1ccsc1.Cl. The molecule has 1 fully saturated rings.